The van der Waals surface area contributed by atoms with Gasteiger partial charge in [0, 0.05) is 26.0 Å². The van der Waals surface area contributed by atoms with Crippen LogP contribution in [0.4, 0.5) is 4.79 Å². The number of alkyl carbamates (subject to hydrolysis) is 1. The summed E-state index contributed by atoms with van der Waals surface area (Å²) in [5.74, 6) is 1.03. The van der Waals surface area contributed by atoms with E-state index in [0.717, 1.165) is 25.3 Å². The molecule has 0 unspecified atom stereocenters. The molecule has 114 valence electrons. The smallest absolute Gasteiger partial charge is 0.407 e. The van der Waals surface area contributed by atoms with Crippen LogP contribution in [0.1, 0.15) is 33.0 Å². The third kappa shape index (κ3) is 6.56. The summed E-state index contributed by atoms with van der Waals surface area (Å²) >= 11 is 0. The molecule has 0 saturated heterocycles. The van der Waals surface area contributed by atoms with Crippen LogP contribution in [-0.2, 0) is 18.3 Å². The Balaban J connectivity index is 2.15. The monoisotopic (exact) mass is 282 g/mol. The number of amides is 1. The van der Waals surface area contributed by atoms with Crippen LogP contribution in [0, 0.1) is 0 Å². The van der Waals surface area contributed by atoms with Crippen molar-refractivity contribution in [3.8, 4) is 0 Å². The average molecular weight is 282 g/mol. The number of aromatic nitrogens is 2. The number of carbonyl (C=O) groups excluding carboxylic acids is 1. The number of ether oxygens (including phenoxy) is 1. The average Bonchev–Trinajstić information content (AvgIpc) is 2.68. The van der Waals surface area contributed by atoms with Crippen LogP contribution in [-0.4, -0.2) is 46.3 Å². The molecule has 0 bridgehead atoms. The van der Waals surface area contributed by atoms with Crippen molar-refractivity contribution in [3.05, 3.63) is 18.2 Å². The van der Waals surface area contributed by atoms with E-state index in [0.29, 0.717) is 6.54 Å². The van der Waals surface area contributed by atoms with Gasteiger partial charge in [0.2, 0.25) is 0 Å². The Morgan fingerprint density at radius 2 is 2.20 bits per heavy atom. The lowest BCUT2D eigenvalue weighted by molar-refractivity contribution is 0.0526. The maximum absolute atomic E-state index is 11.4. The second-order valence-electron chi connectivity index (χ2n) is 5.97. The van der Waals surface area contributed by atoms with Crippen molar-refractivity contribution in [2.75, 3.05) is 20.1 Å². The highest BCUT2D eigenvalue weighted by atomic mass is 16.6. The van der Waals surface area contributed by atoms with Gasteiger partial charge in [0.15, 0.2) is 0 Å². The number of carbonyl (C=O) groups is 1. The Morgan fingerprint density at radius 1 is 1.50 bits per heavy atom. The van der Waals surface area contributed by atoms with E-state index in [9.17, 15) is 4.79 Å². The first-order valence-corrected chi connectivity index (χ1v) is 6.89. The fraction of sp³-hybridized carbons (Fsp3) is 0.714. The largest absolute Gasteiger partial charge is 0.444 e. The zero-order valence-corrected chi connectivity index (χ0v) is 13.1. The minimum atomic E-state index is -0.445. The number of hydrogen-bond donors (Lipinski definition) is 1. The lowest BCUT2D eigenvalue weighted by atomic mass is 10.2. The molecule has 6 heteroatoms. The lowest BCUT2D eigenvalue weighted by Gasteiger charge is -2.20. The first kappa shape index (κ1) is 16.5. The molecule has 0 aliphatic heterocycles. The molecule has 0 radical (unpaired) electrons. The van der Waals surface area contributed by atoms with E-state index in [1.807, 2.05) is 45.6 Å². The minimum Gasteiger partial charge on any atom is -0.444 e. The summed E-state index contributed by atoms with van der Waals surface area (Å²) in [5.41, 5.74) is -0.445. The van der Waals surface area contributed by atoms with Crippen LogP contribution in [0.15, 0.2) is 12.4 Å². The fourth-order valence-electron chi connectivity index (χ4n) is 1.72. The lowest BCUT2D eigenvalue weighted by Crippen LogP contribution is -2.34. The molecule has 1 rings (SSSR count). The van der Waals surface area contributed by atoms with E-state index in [4.69, 9.17) is 4.74 Å². The first-order valence-electron chi connectivity index (χ1n) is 6.89. The topological polar surface area (TPSA) is 59.4 Å². The SMILES string of the molecule is CN(CCCNC(=O)OC(C)(C)C)Cc1nccn1C. The molecule has 6 nitrogen and oxygen atoms in total. The molecule has 1 amide bonds. The molecule has 0 saturated carbocycles. The van der Waals surface area contributed by atoms with Crippen molar-refractivity contribution in [2.45, 2.75) is 39.3 Å². The quantitative estimate of drug-likeness (QED) is 0.808. The van der Waals surface area contributed by atoms with Crippen molar-refractivity contribution in [1.29, 1.82) is 0 Å². The molecule has 1 aromatic rings. The third-order valence-corrected chi connectivity index (χ3v) is 2.72. The number of imidazole rings is 1. The summed E-state index contributed by atoms with van der Waals surface area (Å²) in [5, 5.41) is 2.76. The zero-order valence-electron chi connectivity index (χ0n) is 13.1. The second-order valence-corrected chi connectivity index (χ2v) is 5.97. The first-order chi connectivity index (χ1) is 9.28. The van der Waals surface area contributed by atoms with Gasteiger partial charge in [-0.05, 0) is 40.8 Å². The van der Waals surface area contributed by atoms with E-state index >= 15 is 0 Å². The van der Waals surface area contributed by atoms with Gasteiger partial charge in [-0.15, -0.1) is 0 Å². The highest BCUT2D eigenvalue weighted by Crippen LogP contribution is 2.06. The molecule has 0 aromatic carbocycles. The second kappa shape index (κ2) is 7.28. The van der Waals surface area contributed by atoms with Gasteiger partial charge in [-0.2, -0.15) is 0 Å². The van der Waals surface area contributed by atoms with Crippen LogP contribution in [0.3, 0.4) is 0 Å². The highest BCUT2D eigenvalue weighted by Gasteiger charge is 2.15. The summed E-state index contributed by atoms with van der Waals surface area (Å²) in [6.07, 6.45) is 4.25. The molecule has 0 aliphatic rings. The minimum absolute atomic E-state index is 0.357. The van der Waals surface area contributed by atoms with Gasteiger partial charge in [0.25, 0.3) is 0 Å². The summed E-state index contributed by atoms with van der Waals surface area (Å²) in [7, 11) is 4.03. The standard InChI is InChI=1S/C14H26N4O2/c1-14(2,3)20-13(19)16-7-6-9-17(4)11-12-15-8-10-18(12)5/h8,10H,6-7,9,11H2,1-5H3,(H,16,19). The van der Waals surface area contributed by atoms with E-state index in [1.165, 1.54) is 0 Å². The van der Waals surface area contributed by atoms with Crippen LogP contribution in [0.5, 0.6) is 0 Å². The molecule has 0 aliphatic carbocycles. The summed E-state index contributed by atoms with van der Waals surface area (Å²) < 4.78 is 7.18. The highest BCUT2D eigenvalue weighted by molar-refractivity contribution is 5.67. The maximum atomic E-state index is 11.4. The summed E-state index contributed by atoms with van der Waals surface area (Å²) in [4.78, 5) is 17.9. The summed E-state index contributed by atoms with van der Waals surface area (Å²) in [6, 6.07) is 0. The Morgan fingerprint density at radius 3 is 2.75 bits per heavy atom. The van der Waals surface area contributed by atoms with Crippen LogP contribution in [0.25, 0.3) is 0 Å². The van der Waals surface area contributed by atoms with Gasteiger partial charge >= 0.3 is 6.09 Å². The van der Waals surface area contributed by atoms with Crippen LogP contribution >= 0.6 is 0 Å². The molecule has 1 aromatic heterocycles. The Bertz CT molecular complexity index is 423. The Kier molecular flexibility index (Phi) is 6.01. The number of rotatable bonds is 6. The number of hydrogen-bond acceptors (Lipinski definition) is 4. The molecule has 20 heavy (non-hydrogen) atoms. The van der Waals surface area contributed by atoms with Crippen LogP contribution in [0.2, 0.25) is 0 Å². The predicted molar refractivity (Wildman–Crippen MR) is 78.4 cm³/mol. The van der Waals surface area contributed by atoms with Crippen molar-refractivity contribution in [3.63, 3.8) is 0 Å². The van der Waals surface area contributed by atoms with Crippen molar-refractivity contribution >= 4 is 6.09 Å². The van der Waals surface area contributed by atoms with Gasteiger partial charge < -0.3 is 14.6 Å². The van der Waals surface area contributed by atoms with Gasteiger partial charge in [-0.3, -0.25) is 4.90 Å². The van der Waals surface area contributed by atoms with Gasteiger partial charge in [-0.25, -0.2) is 9.78 Å². The molecular weight excluding hydrogens is 256 g/mol. The fourth-order valence-corrected chi connectivity index (χ4v) is 1.72. The maximum Gasteiger partial charge on any atom is 0.407 e. The van der Waals surface area contributed by atoms with Crippen molar-refractivity contribution < 1.29 is 9.53 Å². The zero-order chi connectivity index (χ0) is 15.2. The third-order valence-electron chi connectivity index (χ3n) is 2.72. The van der Waals surface area contributed by atoms with Crippen LogP contribution < -0.4 is 5.32 Å². The van der Waals surface area contributed by atoms with Crippen molar-refractivity contribution in [1.82, 2.24) is 19.8 Å². The van der Waals surface area contributed by atoms with E-state index in [1.54, 1.807) is 6.20 Å². The van der Waals surface area contributed by atoms with Gasteiger partial charge in [0.05, 0.1) is 6.54 Å². The van der Waals surface area contributed by atoms with Crippen molar-refractivity contribution in [2.24, 2.45) is 7.05 Å². The van der Waals surface area contributed by atoms with E-state index in [-0.39, 0.29) is 6.09 Å². The molecular formula is C14H26N4O2. The molecule has 0 spiro atoms. The number of nitrogens with zero attached hydrogens (tertiary/aromatic N) is 3. The molecule has 1 heterocycles. The number of nitrogens with one attached hydrogen (secondary N) is 1. The molecule has 1 N–H and O–H groups in total. The number of aryl methyl sites for hydroxylation is 1. The van der Waals surface area contributed by atoms with E-state index < -0.39 is 5.60 Å². The molecule has 0 atom stereocenters. The van der Waals surface area contributed by atoms with E-state index in [2.05, 4.69) is 15.2 Å². The van der Waals surface area contributed by atoms with Gasteiger partial charge in [0.1, 0.15) is 11.4 Å². The Labute approximate surface area is 121 Å². The Hall–Kier alpha value is -1.56. The summed E-state index contributed by atoms with van der Waals surface area (Å²) in [6.45, 7) is 7.87. The normalized spacial score (nSPS) is 11.7. The van der Waals surface area contributed by atoms with Gasteiger partial charge in [-0.1, -0.05) is 0 Å². The molecule has 0 fully saturated rings. The predicted octanol–water partition coefficient (Wildman–Crippen LogP) is 1.77.